The van der Waals surface area contributed by atoms with Crippen LogP contribution in [0.1, 0.15) is 45.4 Å². The average Bonchev–Trinajstić information content (AvgIpc) is 3.75. The Kier molecular flexibility index (Phi) is 10.2. The molecule has 4 aromatic rings. The van der Waals surface area contributed by atoms with Gasteiger partial charge < -0.3 is 16.0 Å². The number of aromatic nitrogens is 1. The van der Waals surface area contributed by atoms with Crippen LogP contribution in [0, 0.1) is 5.82 Å². The van der Waals surface area contributed by atoms with Gasteiger partial charge in [-0.25, -0.2) is 17.8 Å². The number of hydrogen-bond donors (Lipinski definition) is 3. The number of nitrogens with zero attached hydrogens (tertiary/aromatic N) is 1. The second-order valence-electron chi connectivity index (χ2n) is 11.1. The van der Waals surface area contributed by atoms with Gasteiger partial charge in [0.15, 0.2) is 15.1 Å². The van der Waals surface area contributed by atoms with Crippen molar-refractivity contribution in [3.8, 4) is 11.1 Å². The number of nitrogens with one attached hydrogen (secondary N) is 3. The lowest BCUT2D eigenvalue weighted by atomic mass is 10.0. The molecule has 0 aliphatic heterocycles. The molecule has 3 aromatic carbocycles. The summed E-state index contributed by atoms with van der Waals surface area (Å²) >= 11 is 0.718. The highest BCUT2D eigenvalue weighted by atomic mass is 32.2. The Morgan fingerprint density at radius 1 is 0.979 bits per heavy atom. The first-order chi connectivity index (χ1) is 22.3. The molecule has 1 aliphatic carbocycles. The Morgan fingerprint density at radius 2 is 1.68 bits per heavy atom. The van der Waals surface area contributed by atoms with Crippen molar-refractivity contribution in [3.63, 3.8) is 0 Å². The Hall–Kier alpha value is -4.37. The number of rotatable bonds is 13. The number of amides is 3. The van der Waals surface area contributed by atoms with Crippen molar-refractivity contribution in [1.29, 1.82) is 0 Å². The molecule has 47 heavy (non-hydrogen) atoms. The van der Waals surface area contributed by atoms with E-state index in [0.29, 0.717) is 24.1 Å². The van der Waals surface area contributed by atoms with Crippen LogP contribution in [0.3, 0.4) is 0 Å². The van der Waals surface area contributed by atoms with Gasteiger partial charge in [0.25, 0.3) is 5.91 Å². The van der Waals surface area contributed by atoms with Crippen LogP contribution in [0.25, 0.3) is 21.3 Å². The summed E-state index contributed by atoms with van der Waals surface area (Å²) < 4.78 is 80.6. The molecule has 1 saturated carbocycles. The van der Waals surface area contributed by atoms with Crippen molar-refractivity contribution >= 4 is 49.1 Å². The minimum Gasteiger partial charge on any atom is -0.352 e. The van der Waals surface area contributed by atoms with Gasteiger partial charge in [-0.3, -0.25) is 14.4 Å². The fourth-order valence-electron chi connectivity index (χ4n) is 4.74. The van der Waals surface area contributed by atoms with Gasteiger partial charge in [-0.15, -0.1) is 11.3 Å². The molecule has 1 aromatic heterocycles. The van der Waals surface area contributed by atoms with Crippen molar-refractivity contribution in [2.75, 3.05) is 18.8 Å². The number of thiazole rings is 1. The summed E-state index contributed by atoms with van der Waals surface area (Å²) in [5.74, 6) is -4.21. The lowest BCUT2D eigenvalue weighted by Gasteiger charge is -2.16. The number of sulfone groups is 1. The van der Waals surface area contributed by atoms with E-state index in [1.807, 2.05) is 30.3 Å². The molecule has 15 heteroatoms. The fourth-order valence-corrected chi connectivity index (χ4v) is 7.81. The highest BCUT2D eigenvalue weighted by molar-refractivity contribution is 7.92. The third-order valence-corrected chi connectivity index (χ3v) is 10.5. The van der Waals surface area contributed by atoms with E-state index >= 15 is 4.39 Å². The largest absolute Gasteiger partial charge is 0.390 e. The van der Waals surface area contributed by atoms with Gasteiger partial charge >= 0.3 is 6.18 Å². The predicted molar refractivity (Wildman–Crippen MR) is 169 cm³/mol. The molecular weight excluding hydrogens is 661 g/mol. The summed E-state index contributed by atoms with van der Waals surface area (Å²) in [7, 11) is -4.77. The van der Waals surface area contributed by atoms with Crippen LogP contribution in [0.5, 0.6) is 0 Å². The topological polar surface area (TPSA) is 134 Å². The molecule has 0 saturated heterocycles. The number of halogens is 4. The molecule has 3 amide bonds. The number of benzene rings is 3. The normalized spacial score (nSPS) is 14.0. The molecule has 1 aliphatic rings. The molecule has 0 spiro atoms. The monoisotopic (exact) mass is 690 g/mol. The number of carbonyl (C=O) groups excluding carboxylic acids is 3. The quantitative estimate of drug-likeness (QED) is 0.171. The van der Waals surface area contributed by atoms with Crippen LogP contribution >= 0.6 is 11.3 Å². The van der Waals surface area contributed by atoms with E-state index in [4.69, 9.17) is 0 Å². The summed E-state index contributed by atoms with van der Waals surface area (Å²) in [6.07, 6.45) is -4.30. The van der Waals surface area contributed by atoms with E-state index < -0.39 is 57.6 Å². The molecule has 0 bridgehead atoms. The molecule has 1 heterocycles. The maximum atomic E-state index is 15.3. The van der Waals surface area contributed by atoms with Crippen molar-refractivity contribution in [2.24, 2.45) is 0 Å². The van der Waals surface area contributed by atoms with Crippen LogP contribution in [-0.2, 0) is 25.8 Å². The van der Waals surface area contributed by atoms with Crippen molar-refractivity contribution in [3.05, 3.63) is 88.7 Å². The van der Waals surface area contributed by atoms with E-state index in [9.17, 15) is 36.0 Å². The van der Waals surface area contributed by atoms with Crippen LogP contribution in [-0.4, -0.2) is 62.2 Å². The molecule has 1 atom stereocenters. The first kappa shape index (κ1) is 34.0. The minimum absolute atomic E-state index is 0.00374. The van der Waals surface area contributed by atoms with Crippen molar-refractivity contribution in [1.82, 2.24) is 20.9 Å². The van der Waals surface area contributed by atoms with Crippen molar-refractivity contribution in [2.45, 2.75) is 43.2 Å². The molecule has 1 unspecified atom stereocenters. The van der Waals surface area contributed by atoms with Gasteiger partial charge in [0.2, 0.25) is 11.8 Å². The molecule has 5 rings (SSSR count). The number of alkyl halides is 3. The highest BCUT2D eigenvalue weighted by Gasteiger charge is 2.40. The summed E-state index contributed by atoms with van der Waals surface area (Å²) in [4.78, 5) is 41.9. The second-order valence-corrected chi connectivity index (χ2v) is 14.4. The van der Waals surface area contributed by atoms with E-state index in [1.54, 1.807) is 12.1 Å². The molecule has 9 nitrogen and oxygen atoms in total. The first-order valence-corrected chi connectivity index (χ1v) is 17.2. The summed E-state index contributed by atoms with van der Waals surface area (Å²) in [5.41, 5.74) is 1.92. The molecule has 248 valence electrons. The van der Waals surface area contributed by atoms with Gasteiger partial charge in [-0.2, -0.15) is 13.2 Å². The van der Waals surface area contributed by atoms with Crippen LogP contribution in [0.2, 0.25) is 0 Å². The average molecular weight is 691 g/mol. The van der Waals surface area contributed by atoms with Gasteiger partial charge in [0.1, 0.15) is 10.8 Å². The second kappa shape index (κ2) is 14.2. The van der Waals surface area contributed by atoms with Gasteiger partial charge in [-0.05, 0) is 48.6 Å². The van der Waals surface area contributed by atoms with Gasteiger partial charge in [0.05, 0.1) is 28.9 Å². The smallest absolute Gasteiger partial charge is 0.352 e. The Bertz CT molecular complexity index is 1880. The van der Waals surface area contributed by atoms with E-state index in [-0.39, 0.29) is 32.7 Å². The van der Waals surface area contributed by atoms with E-state index in [1.165, 1.54) is 18.2 Å². The zero-order valence-electron chi connectivity index (χ0n) is 24.8. The highest BCUT2D eigenvalue weighted by Crippen LogP contribution is 2.36. The standard InChI is InChI=1S/C32H30F4N4O5S2/c33-24-17-25-26(16-23(24)20-6-8-21(9-7-20)29(42)37-14-12-19-4-2-1-3-5-19)46-31(40-25)28(47(44,45)15-13-32(34,35)36)30(43)38-18-27(41)39-22-10-11-22/h1-9,16-17,22,28H,10-15,18H2,(H,37,42)(H,38,43)(H,39,41). The maximum Gasteiger partial charge on any atom is 0.390 e. The minimum atomic E-state index is -4.80. The van der Waals surface area contributed by atoms with Crippen molar-refractivity contribution < 1.29 is 40.4 Å². The lowest BCUT2D eigenvalue weighted by Crippen LogP contribution is -2.41. The Labute approximate surface area is 271 Å². The zero-order valence-corrected chi connectivity index (χ0v) is 26.4. The molecular formula is C32H30F4N4O5S2. The lowest BCUT2D eigenvalue weighted by molar-refractivity contribution is -0.130. The first-order valence-electron chi connectivity index (χ1n) is 14.7. The number of carbonyl (C=O) groups is 3. The Balaban J connectivity index is 1.35. The molecule has 1 fully saturated rings. The summed E-state index contributed by atoms with van der Waals surface area (Å²) in [5, 5.41) is 5.13. The van der Waals surface area contributed by atoms with Gasteiger partial charge in [-0.1, -0.05) is 42.5 Å². The zero-order chi connectivity index (χ0) is 33.8. The number of hydrogen-bond acceptors (Lipinski definition) is 7. The molecule has 0 radical (unpaired) electrons. The third kappa shape index (κ3) is 9.13. The van der Waals surface area contributed by atoms with E-state index in [0.717, 1.165) is 35.8 Å². The maximum absolute atomic E-state index is 15.3. The Morgan fingerprint density at radius 3 is 2.34 bits per heavy atom. The summed E-state index contributed by atoms with van der Waals surface area (Å²) in [6.45, 7) is -0.159. The van der Waals surface area contributed by atoms with Crippen LogP contribution in [0.15, 0.2) is 66.7 Å². The van der Waals surface area contributed by atoms with Gasteiger partial charge in [0, 0.05) is 29.8 Å². The predicted octanol–water partition coefficient (Wildman–Crippen LogP) is 4.88. The van der Waals surface area contributed by atoms with E-state index in [2.05, 4.69) is 20.9 Å². The SMILES string of the molecule is O=C(CNC(=O)C(c1nc2cc(F)c(-c3ccc(C(=O)NCCc4ccccc4)cc3)cc2s1)S(=O)(=O)CCC(F)(F)F)NC1CC1. The number of fused-ring (bicyclic) bond motifs is 1. The fraction of sp³-hybridized carbons (Fsp3) is 0.312. The van der Waals surface area contributed by atoms with Crippen LogP contribution in [0.4, 0.5) is 17.6 Å². The van der Waals surface area contributed by atoms with Crippen LogP contribution < -0.4 is 16.0 Å². The third-order valence-electron chi connectivity index (χ3n) is 7.35. The molecule has 3 N–H and O–H groups in total. The summed E-state index contributed by atoms with van der Waals surface area (Å²) in [6, 6.07) is 18.2.